The van der Waals surface area contributed by atoms with Crippen molar-refractivity contribution in [1.29, 1.82) is 0 Å². The van der Waals surface area contributed by atoms with Crippen LogP contribution >= 0.6 is 0 Å². The van der Waals surface area contributed by atoms with Crippen molar-refractivity contribution in [2.24, 2.45) is 0 Å². The van der Waals surface area contributed by atoms with Crippen molar-refractivity contribution in [3.8, 4) is 55.6 Å². The second-order valence-corrected chi connectivity index (χ2v) is 16.7. The van der Waals surface area contributed by atoms with Gasteiger partial charge >= 0.3 is 0 Å². The van der Waals surface area contributed by atoms with Gasteiger partial charge in [0.1, 0.15) is 11.2 Å². The third kappa shape index (κ3) is 5.19. The van der Waals surface area contributed by atoms with Crippen LogP contribution in [0.2, 0.25) is 0 Å². The van der Waals surface area contributed by atoms with Gasteiger partial charge in [0.05, 0.1) is 16.8 Å². The topological polar surface area (TPSA) is 16.4 Å². The molecular formula is C61H39NO. The molecule has 0 saturated heterocycles. The summed E-state index contributed by atoms with van der Waals surface area (Å²) in [6, 6.07) is 86.7. The fourth-order valence-corrected chi connectivity index (χ4v) is 10.9. The Labute approximate surface area is 366 Å². The van der Waals surface area contributed by atoms with Crippen molar-refractivity contribution in [2.75, 3.05) is 4.90 Å². The normalized spacial score (nSPS) is 12.9. The van der Waals surface area contributed by atoms with Crippen LogP contribution in [0.15, 0.2) is 241 Å². The molecule has 1 heterocycles. The van der Waals surface area contributed by atoms with E-state index in [4.69, 9.17) is 4.42 Å². The Balaban J connectivity index is 1.15. The molecule has 13 rings (SSSR count). The highest BCUT2D eigenvalue weighted by Gasteiger charge is 2.52. The van der Waals surface area contributed by atoms with Crippen LogP contribution in [0.25, 0.3) is 77.6 Å². The molecule has 294 valence electrons. The van der Waals surface area contributed by atoms with E-state index >= 15 is 0 Å². The molecule has 0 fully saturated rings. The Hall–Kier alpha value is -8.20. The summed E-state index contributed by atoms with van der Waals surface area (Å²) in [5.41, 5.74) is 21.8. The Morgan fingerprint density at radius 3 is 1.48 bits per heavy atom. The molecule has 0 bridgehead atoms. The van der Waals surface area contributed by atoms with Gasteiger partial charge in [-0.15, -0.1) is 0 Å². The van der Waals surface area contributed by atoms with E-state index in [1.807, 2.05) is 6.07 Å². The molecule has 0 saturated carbocycles. The van der Waals surface area contributed by atoms with Crippen LogP contribution in [0.1, 0.15) is 22.3 Å². The van der Waals surface area contributed by atoms with E-state index in [0.717, 1.165) is 61.3 Å². The molecule has 63 heavy (non-hydrogen) atoms. The average molecular weight is 802 g/mol. The molecule has 11 aromatic rings. The summed E-state index contributed by atoms with van der Waals surface area (Å²) in [4.78, 5) is 2.54. The Bertz CT molecular complexity index is 3480. The Kier molecular flexibility index (Phi) is 7.85. The van der Waals surface area contributed by atoms with E-state index in [1.165, 1.54) is 55.6 Å². The first kappa shape index (κ1) is 35.5. The van der Waals surface area contributed by atoms with Crippen LogP contribution in [0.4, 0.5) is 17.1 Å². The average Bonchev–Trinajstić information content (AvgIpc) is 3.99. The molecule has 2 aliphatic carbocycles. The maximum absolute atomic E-state index is 6.51. The monoisotopic (exact) mass is 801 g/mol. The molecule has 0 aliphatic heterocycles. The molecular weight excluding hydrogens is 763 g/mol. The molecule has 1 aromatic heterocycles. The number of nitrogens with zero attached hydrogens (tertiary/aromatic N) is 1. The number of anilines is 3. The lowest BCUT2D eigenvalue weighted by atomic mass is 9.70. The van der Waals surface area contributed by atoms with Crippen molar-refractivity contribution >= 4 is 39.0 Å². The standard InChI is InChI=1S/C61H39NO/c1-3-19-40(20-4-1)42-37-43(41-21-5-2-6-22-41)39-44(38-42)62(55-33-15-10-25-47(55)48-28-17-36-58-59(48)50-27-11-16-35-57(50)63-58)56-34-18-32-54-60(56)49-26-9-14-31-53(49)61(54)51-29-12-7-23-45(51)46-24-8-13-30-52(46)61/h1-39H. The quantitative estimate of drug-likeness (QED) is 0.167. The van der Waals surface area contributed by atoms with Crippen molar-refractivity contribution in [2.45, 2.75) is 5.41 Å². The van der Waals surface area contributed by atoms with Gasteiger partial charge < -0.3 is 9.32 Å². The molecule has 2 aliphatic rings. The summed E-state index contributed by atoms with van der Waals surface area (Å²) in [6.45, 7) is 0. The second-order valence-electron chi connectivity index (χ2n) is 16.7. The predicted molar refractivity (Wildman–Crippen MR) is 261 cm³/mol. The third-order valence-corrected chi connectivity index (χ3v) is 13.5. The van der Waals surface area contributed by atoms with Crippen LogP contribution < -0.4 is 4.90 Å². The fourth-order valence-electron chi connectivity index (χ4n) is 10.9. The zero-order valence-electron chi connectivity index (χ0n) is 34.4. The van der Waals surface area contributed by atoms with Crippen molar-refractivity contribution in [1.82, 2.24) is 0 Å². The molecule has 0 atom stereocenters. The number of fused-ring (bicyclic) bond motifs is 13. The number of furan rings is 1. The van der Waals surface area contributed by atoms with Crippen LogP contribution in [0.3, 0.4) is 0 Å². The van der Waals surface area contributed by atoms with Gasteiger partial charge in [-0.25, -0.2) is 0 Å². The largest absolute Gasteiger partial charge is 0.456 e. The first-order valence-corrected chi connectivity index (χ1v) is 21.8. The zero-order valence-corrected chi connectivity index (χ0v) is 34.4. The summed E-state index contributed by atoms with van der Waals surface area (Å²) in [7, 11) is 0. The van der Waals surface area contributed by atoms with E-state index in [1.54, 1.807) is 0 Å². The zero-order chi connectivity index (χ0) is 41.5. The van der Waals surface area contributed by atoms with E-state index in [0.29, 0.717) is 0 Å². The summed E-state index contributed by atoms with van der Waals surface area (Å²) < 4.78 is 6.51. The maximum atomic E-state index is 6.51. The Morgan fingerprint density at radius 1 is 0.317 bits per heavy atom. The van der Waals surface area contributed by atoms with Crippen LogP contribution in [-0.2, 0) is 5.41 Å². The highest BCUT2D eigenvalue weighted by molar-refractivity contribution is 6.14. The highest BCUT2D eigenvalue weighted by atomic mass is 16.3. The van der Waals surface area contributed by atoms with Crippen molar-refractivity contribution < 1.29 is 4.42 Å². The number of hydrogen-bond donors (Lipinski definition) is 0. The van der Waals surface area contributed by atoms with Gasteiger partial charge in [-0.3, -0.25) is 0 Å². The van der Waals surface area contributed by atoms with E-state index in [-0.39, 0.29) is 0 Å². The lowest BCUT2D eigenvalue weighted by Gasteiger charge is -2.33. The van der Waals surface area contributed by atoms with Crippen molar-refractivity contribution in [3.63, 3.8) is 0 Å². The lowest BCUT2D eigenvalue weighted by Crippen LogP contribution is -2.26. The van der Waals surface area contributed by atoms with Gasteiger partial charge in [0.15, 0.2) is 0 Å². The smallest absolute Gasteiger partial charge is 0.136 e. The lowest BCUT2D eigenvalue weighted by molar-refractivity contribution is 0.669. The molecule has 2 nitrogen and oxygen atoms in total. The summed E-state index contributed by atoms with van der Waals surface area (Å²) in [6.07, 6.45) is 0. The minimum Gasteiger partial charge on any atom is -0.456 e. The van der Waals surface area contributed by atoms with Crippen LogP contribution in [0, 0.1) is 0 Å². The molecule has 0 amide bonds. The maximum Gasteiger partial charge on any atom is 0.136 e. The highest BCUT2D eigenvalue weighted by Crippen LogP contribution is 2.65. The van der Waals surface area contributed by atoms with Gasteiger partial charge in [-0.2, -0.15) is 0 Å². The van der Waals surface area contributed by atoms with Gasteiger partial charge in [0.25, 0.3) is 0 Å². The van der Waals surface area contributed by atoms with Gasteiger partial charge in [0, 0.05) is 27.6 Å². The number of rotatable bonds is 6. The molecule has 2 heteroatoms. The van der Waals surface area contributed by atoms with Gasteiger partial charge in [0.2, 0.25) is 0 Å². The minimum atomic E-state index is -0.483. The van der Waals surface area contributed by atoms with Gasteiger partial charge in [-0.1, -0.05) is 194 Å². The summed E-state index contributed by atoms with van der Waals surface area (Å²) in [5.74, 6) is 0. The van der Waals surface area contributed by atoms with Gasteiger partial charge in [-0.05, 0) is 109 Å². The Morgan fingerprint density at radius 2 is 0.794 bits per heavy atom. The molecule has 1 spiro atoms. The number of benzene rings is 10. The van der Waals surface area contributed by atoms with E-state index in [2.05, 4.69) is 235 Å². The molecule has 0 N–H and O–H groups in total. The molecule has 10 aromatic carbocycles. The third-order valence-electron chi connectivity index (χ3n) is 13.5. The predicted octanol–water partition coefficient (Wildman–Crippen LogP) is 16.4. The summed E-state index contributed by atoms with van der Waals surface area (Å²) >= 11 is 0. The second kappa shape index (κ2) is 13.9. The molecule has 0 radical (unpaired) electrons. The first-order valence-electron chi connectivity index (χ1n) is 21.8. The minimum absolute atomic E-state index is 0.483. The first-order chi connectivity index (χ1) is 31.3. The molecule has 0 unspecified atom stereocenters. The number of hydrogen-bond acceptors (Lipinski definition) is 2. The number of para-hydroxylation sites is 2. The summed E-state index contributed by atoms with van der Waals surface area (Å²) in [5, 5.41) is 2.22. The SMILES string of the molecule is c1ccc(-c2cc(-c3ccccc3)cc(N(c3ccccc3-c3cccc4oc5ccccc5c34)c3cccc4c3-c3ccccc3C43c4ccccc4-c4ccccc43)c2)cc1. The van der Waals surface area contributed by atoms with E-state index in [9.17, 15) is 0 Å². The van der Waals surface area contributed by atoms with Crippen LogP contribution in [-0.4, -0.2) is 0 Å². The van der Waals surface area contributed by atoms with E-state index < -0.39 is 5.41 Å². The van der Waals surface area contributed by atoms with Crippen molar-refractivity contribution in [3.05, 3.63) is 259 Å². The van der Waals surface area contributed by atoms with Crippen LogP contribution in [0.5, 0.6) is 0 Å². The fraction of sp³-hybridized carbons (Fsp3) is 0.0164.